The van der Waals surface area contributed by atoms with Crippen molar-refractivity contribution in [1.82, 2.24) is 0 Å². The van der Waals surface area contributed by atoms with Crippen molar-refractivity contribution >= 4 is 21.4 Å². The summed E-state index contributed by atoms with van der Waals surface area (Å²) >= 11 is 0. The molecule has 1 aromatic rings. The number of carbonyl (C=O) groups excluding carboxylic acids is 1. The van der Waals surface area contributed by atoms with E-state index >= 15 is 0 Å². The molecule has 18 heavy (non-hydrogen) atoms. The van der Waals surface area contributed by atoms with Gasteiger partial charge in [-0.1, -0.05) is 12.1 Å². The van der Waals surface area contributed by atoms with Crippen LogP contribution in [0.4, 0.5) is 4.39 Å². The third kappa shape index (κ3) is 2.06. The Morgan fingerprint density at radius 1 is 1.33 bits per heavy atom. The lowest BCUT2D eigenvalue weighted by molar-refractivity contribution is -0.135. The van der Waals surface area contributed by atoms with Gasteiger partial charge in [0.15, 0.2) is 4.91 Å². The highest BCUT2D eigenvalue weighted by Crippen LogP contribution is 2.31. The Morgan fingerprint density at radius 2 is 2.06 bits per heavy atom. The zero-order valence-electron chi connectivity index (χ0n) is 9.38. The molecule has 1 heterocycles. The van der Waals surface area contributed by atoms with Gasteiger partial charge in [0.1, 0.15) is 5.82 Å². The fraction of sp³-hybridized carbons (Fsp3) is 0.0833. The van der Waals surface area contributed by atoms with Crippen molar-refractivity contribution in [3.8, 4) is 0 Å². The molecular formula is C12H9FO4S. The van der Waals surface area contributed by atoms with E-state index in [2.05, 4.69) is 4.74 Å². The standard InChI is InChI=1S/C12H9FO4S/c1-17-12(14)11-10(5-6-18(11,15)16)8-3-2-4-9(13)7-8/h2-7H,1H3. The minimum Gasteiger partial charge on any atom is -0.465 e. The fourth-order valence-corrected chi connectivity index (χ4v) is 2.92. The van der Waals surface area contributed by atoms with Gasteiger partial charge >= 0.3 is 5.97 Å². The molecule has 6 heteroatoms. The van der Waals surface area contributed by atoms with Crippen LogP contribution in [0, 0.1) is 5.82 Å². The van der Waals surface area contributed by atoms with E-state index in [-0.39, 0.29) is 5.57 Å². The van der Waals surface area contributed by atoms with E-state index in [1.54, 1.807) is 0 Å². The molecule has 0 saturated carbocycles. The van der Waals surface area contributed by atoms with Gasteiger partial charge in [0.2, 0.25) is 9.84 Å². The molecule has 0 radical (unpaired) electrons. The minimum absolute atomic E-state index is 0.140. The summed E-state index contributed by atoms with van der Waals surface area (Å²) in [5.74, 6) is -1.47. The number of carbonyl (C=O) groups is 1. The van der Waals surface area contributed by atoms with Crippen molar-refractivity contribution in [3.63, 3.8) is 0 Å². The monoisotopic (exact) mass is 268 g/mol. The summed E-state index contributed by atoms with van der Waals surface area (Å²) in [4.78, 5) is 11.0. The Kier molecular flexibility index (Phi) is 3.04. The Bertz CT molecular complexity index is 671. The smallest absolute Gasteiger partial charge is 0.350 e. The number of rotatable bonds is 2. The molecule has 0 aromatic heterocycles. The Balaban J connectivity index is 2.67. The van der Waals surface area contributed by atoms with Crippen LogP contribution in [0.25, 0.3) is 5.57 Å². The normalized spacial score (nSPS) is 17.0. The maximum absolute atomic E-state index is 13.1. The van der Waals surface area contributed by atoms with E-state index in [0.29, 0.717) is 5.56 Å². The molecule has 2 rings (SSSR count). The molecule has 0 unspecified atom stereocenters. The second-order valence-electron chi connectivity index (χ2n) is 3.59. The van der Waals surface area contributed by atoms with Crippen LogP contribution >= 0.6 is 0 Å². The molecule has 0 aliphatic carbocycles. The van der Waals surface area contributed by atoms with E-state index < -0.39 is 26.5 Å². The predicted octanol–water partition coefficient (Wildman–Crippen LogP) is 1.65. The summed E-state index contributed by atoms with van der Waals surface area (Å²) in [7, 11) is -2.72. The largest absolute Gasteiger partial charge is 0.465 e. The molecule has 4 nitrogen and oxygen atoms in total. The lowest BCUT2D eigenvalue weighted by Crippen LogP contribution is -2.12. The highest BCUT2D eigenvalue weighted by molar-refractivity contribution is 7.99. The van der Waals surface area contributed by atoms with Gasteiger partial charge in [-0.2, -0.15) is 0 Å². The van der Waals surface area contributed by atoms with Gasteiger partial charge in [-0.3, -0.25) is 0 Å². The second-order valence-corrected chi connectivity index (χ2v) is 5.36. The van der Waals surface area contributed by atoms with E-state index in [9.17, 15) is 17.6 Å². The molecular weight excluding hydrogens is 259 g/mol. The van der Waals surface area contributed by atoms with Crippen molar-refractivity contribution in [2.45, 2.75) is 0 Å². The number of ether oxygens (including phenoxy) is 1. The molecule has 0 amide bonds. The van der Waals surface area contributed by atoms with E-state index in [0.717, 1.165) is 18.6 Å². The lowest BCUT2D eigenvalue weighted by atomic mass is 10.1. The quantitative estimate of drug-likeness (QED) is 0.765. The number of methoxy groups -OCH3 is 1. The zero-order chi connectivity index (χ0) is 13.3. The second kappa shape index (κ2) is 4.38. The van der Waals surface area contributed by atoms with Gasteiger partial charge < -0.3 is 4.74 Å². The summed E-state index contributed by atoms with van der Waals surface area (Å²) in [6.45, 7) is 0. The van der Waals surface area contributed by atoms with E-state index in [1.165, 1.54) is 24.3 Å². The molecule has 0 spiro atoms. The van der Waals surface area contributed by atoms with Gasteiger partial charge in [0.05, 0.1) is 7.11 Å². The van der Waals surface area contributed by atoms with Gasteiger partial charge in [-0.05, 0) is 23.8 Å². The first kappa shape index (κ1) is 12.5. The summed E-state index contributed by atoms with van der Waals surface area (Å²) in [6, 6.07) is 5.34. The molecule has 1 aromatic carbocycles. The van der Waals surface area contributed by atoms with E-state index in [4.69, 9.17) is 0 Å². The molecule has 0 N–H and O–H groups in total. The third-order valence-corrected chi connectivity index (χ3v) is 3.90. The van der Waals surface area contributed by atoms with Crippen molar-refractivity contribution in [2.75, 3.05) is 7.11 Å². The SMILES string of the molecule is COC(=O)C1=C(c2cccc(F)c2)C=CS1(=O)=O. The number of halogens is 1. The molecule has 1 aliphatic rings. The average molecular weight is 268 g/mol. The van der Waals surface area contributed by atoms with Crippen LogP contribution in [0.3, 0.4) is 0 Å². The third-order valence-electron chi connectivity index (χ3n) is 2.45. The first-order chi connectivity index (χ1) is 8.45. The lowest BCUT2D eigenvalue weighted by Gasteiger charge is -2.05. The van der Waals surface area contributed by atoms with Gasteiger partial charge in [-0.15, -0.1) is 0 Å². The van der Waals surface area contributed by atoms with Crippen LogP contribution in [0.5, 0.6) is 0 Å². The summed E-state index contributed by atoms with van der Waals surface area (Å²) in [6.07, 6.45) is 1.26. The van der Waals surface area contributed by atoms with Crippen molar-refractivity contribution in [3.05, 3.63) is 52.0 Å². The first-order valence-electron chi connectivity index (χ1n) is 4.97. The van der Waals surface area contributed by atoms with Gasteiger partial charge in [-0.25, -0.2) is 17.6 Å². The molecule has 94 valence electrons. The maximum atomic E-state index is 13.1. The topological polar surface area (TPSA) is 60.4 Å². The van der Waals surface area contributed by atoms with Gasteiger partial charge in [0.25, 0.3) is 0 Å². The van der Waals surface area contributed by atoms with Crippen LogP contribution in [0.2, 0.25) is 0 Å². The van der Waals surface area contributed by atoms with Crippen molar-refractivity contribution in [1.29, 1.82) is 0 Å². The predicted molar refractivity (Wildman–Crippen MR) is 63.4 cm³/mol. The van der Waals surface area contributed by atoms with Crippen molar-refractivity contribution in [2.24, 2.45) is 0 Å². The molecule has 0 atom stereocenters. The van der Waals surface area contributed by atoms with Crippen LogP contribution in [-0.4, -0.2) is 21.5 Å². The summed E-state index contributed by atoms with van der Waals surface area (Å²) in [5, 5.41) is 0.902. The first-order valence-corrected chi connectivity index (χ1v) is 6.52. The Morgan fingerprint density at radius 3 is 2.67 bits per heavy atom. The highest BCUT2D eigenvalue weighted by Gasteiger charge is 2.32. The fourth-order valence-electron chi connectivity index (χ4n) is 1.66. The molecule has 1 aliphatic heterocycles. The number of benzene rings is 1. The number of allylic oxidation sites excluding steroid dienone is 2. The average Bonchev–Trinajstić information content (AvgIpc) is 2.64. The molecule has 0 saturated heterocycles. The van der Waals surface area contributed by atoms with Crippen LogP contribution < -0.4 is 0 Å². The number of sulfone groups is 1. The van der Waals surface area contributed by atoms with Crippen molar-refractivity contribution < 1.29 is 22.3 Å². The zero-order valence-corrected chi connectivity index (χ0v) is 10.2. The number of hydrogen-bond acceptors (Lipinski definition) is 4. The van der Waals surface area contributed by atoms with Crippen LogP contribution in [0.1, 0.15) is 5.56 Å². The maximum Gasteiger partial charge on any atom is 0.350 e. The minimum atomic E-state index is -3.81. The molecule has 0 fully saturated rings. The Hall–Kier alpha value is -1.95. The number of esters is 1. The van der Waals surface area contributed by atoms with Crippen LogP contribution in [0.15, 0.2) is 40.7 Å². The highest BCUT2D eigenvalue weighted by atomic mass is 32.2. The number of hydrogen-bond donors (Lipinski definition) is 0. The van der Waals surface area contributed by atoms with E-state index in [1.807, 2.05) is 0 Å². The summed E-state index contributed by atoms with van der Waals surface area (Å²) in [5.41, 5.74) is 0.453. The molecule has 0 bridgehead atoms. The van der Waals surface area contributed by atoms with Crippen LogP contribution in [-0.2, 0) is 19.4 Å². The van der Waals surface area contributed by atoms with Gasteiger partial charge in [0, 0.05) is 11.0 Å². The Labute approximate surface area is 103 Å². The summed E-state index contributed by atoms with van der Waals surface area (Å²) < 4.78 is 40.9.